The van der Waals surface area contributed by atoms with Crippen LogP contribution in [0.15, 0.2) is 47.1 Å². The predicted molar refractivity (Wildman–Crippen MR) is 113 cm³/mol. The minimum absolute atomic E-state index is 0.269. The molecule has 2 saturated carbocycles. The first kappa shape index (κ1) is 19.1. The van der Waals surface area contributed by atoms with E-state index in [1.54, 1.807) is 24.5 Å². The molecule has 2 fully saturated rings. The number of ether oxygens (including phenoxy) is 1. The quantitative estimate of drug-likeness (QED) is 0.552. The second kappa shape index (κ2) is 8.11. The molecule has 154 valence electrons. The number of hydrogen-bond acceptors (Lipinski definition) is 5. The molecule has 1 amide bonds. The molecule has 3 aromatic rings. The Labute approximate surface area is 179 Å². The molecule has 6 nitrogen and oxygen atoms in total. The van der Waals surface area contributed by atoms with Gasteiger partial charge in [0.15, 0.2) is 5.89 Å². The molecule has 1 aromatic carbocycles. The van der Waals surface area contributed by atoms with Crippen LogP contribution in [0.25, 0.3) is 11.3 Å². The molecule has 0 saturated heterocycles. The highest BCUT2D eigenvalue weighted by atomic mass is 35.5. The van der Waals surface area contributed by atoms with Gasteiger partial charge in [-0.1, -0.05) is 23.7 Å². The Kier molecular flexibility index (Phi) is 5.17. The lowest BCUT2D eigenvalue weighted by molar-refractivity contribution is 0.0945. The van der Waals surface area contributed by atoms with E-state index in [0.29, 0.717) is 52.8 Å². The van der Waals surface area contributed by atoms with E-state index in [2.05, 4.69) is 15.3 Å². The highest BCUT2D eigenvalue weighted by molar-refractivity contribution is 6.30. The van der Waals surface area contributed by atoms with Crippen LogP contribution in [-0.2, 0) is 6.54 Å². The first-order chi connectivity index (χ1) is 14.7. The summed E-state index contributed by atoms with van der Waals surface area (Å²) in [6.45, 7) is 0.968. The average molecular weight is 424 g/mol. The number of oxazole rings is 1. The van der Waals surface area contributed by atoms with Crippen LogP contribution in [0.1, 0.15) is 53.7 Å². The van der Waals surface area contributed by atoms with E-state index in [-0.39, 0.29) is 5.91 Å². The molecule has 2 aliphatic carbocycles. The normalized spacial score (nSPS) is 15.8. The van der Waals surface area contributed by atoms with Crippen molar-refractivity contribution in [3.05, 3.63) is 65.0 Å². The molecule has 0 unspecified atom stereocenters. The molecule has 2 aromatic heterocycles. The van der Waals surface area contributed by atoms with Gasteiger partial charge in [-0.3, -0.25) is 4.79 Å². The van der Waals surface area contributed by atoms with Crippen molar-refractivity contribution < 1.29 is 13.9 Å². The number of carbonyl (C=O) groups is 1. The highest BCUT2D eigenvalue weighted by Crippen LogP contribution is 2.39. The topological polar surface area (TPSA) is 77.2 Å². The smallest absolute Gasteiger partial charge is 0.270 e. The fourth-order valence-electron chi connectivity index (χ4n) is 3.18. The summed E-state index contributed by atoms with van der Waals surface area (Å²) in [7, 11) is 0. The number of nitrogens with one attached hydrogen (secondary N) is 1. The zero-order chi connectivity index (χ0) is 20.5. The van der Waals surface area contributed by atoms with Crippen LogP contribution in [0, 0.1) is 5.92 Å². The number of pyridine rings is 1. The Hall–Kier alpha value is -2.86. The van der Waals surface area contributed by atoms with Gasteiger partial charge in [-0.15, -0.1) is 0 Å². The van der Waals surface area contributed by atoms with Crippen LogP contribution in [0.4, 0.5) is 0 Å². The SMILES string of the molecule is O=C(NCc1coc(C2CC2)n1)c1ccc(OCC2CC2)c(-c2ccc(Cl)cc2)n1. The molecule has 0 spiro atoms. The van der Waals surface area contributed by atoms with Crippen molar-refractivity contribution in [3.8, 4) is 17.0 Å². The third-order valence-electron chi connectivity index (χ3n) is 5.31. The van der Waals surface area contributed by atoms with Gasteiger partial charge in [-0.2, -0.15) is 0 Å². The third kappa shape index (κ3) is 4.49. The summed E-state index contributed by atoms with van der Waals surface area (Å²) in [6.07, 6.45) is 6.26. The zero-order valence-corrected chi connectivity index (χ0v) is 17.2. The summed E-state index contributed by atoms with van der Waals surface area (Å²) in [5.41, 5.74) is 2.53. The Morgan fingerprint density at radius 3 is 2.63 bits per heavy atom. The van der Waals surface area contributed by atoms with E-state index < -0.39 is 0 Å². The van der Waals surface area contributed by atoms with Crippen molar-refractivity contribution in [2.75, 3.05) is 6.61 Å². The third-order valence-corrected chi connectivity index (χ3v) is 5.56. The number of carbonyl (C=O) groups excluding carboxylic acids is 1. The van der Waals surface area contributed by atoms with Crippen molar-refractivity contribution in [2.45, 2.75) is 38.1 Å². The summed E-state index contributed by atoms with van der Waals surface area (Å²) < 4.78 is 11.5. The van der Waals surface area contributed by atoms with Crippen LogP contribution in [0.5, 0.6) is 5.75 Å². The second-order valence-electron chi connectivity index (χ2n) is 7.94. The lowest BCUT2D eigenvalue weighted by Gasteiger charge is -2.12. The van der Waals surface area contributed by atoms with Crippen molar-refractivity contribution in [3.63, 3.8) is 0 Å². The molecule has 0 aliphatic heterocycles. The van der Waals surface area contributed by atoms with Crippen LogP contribution in [0.3, 0.4) is 0 Å². The largest absolute Gasteiger partial charge is 0.491 e. The molecule has 2 heterocycles. The van der Waals surface area contributed by atoms with Crippen LogP contribution >= 0.6 is 11.6 Å². The van der Waals surface area contributed by atoms with Gasteiger partial charge >= 0.3 is 0 Å². The summed E-state index contributed by atoms with van der Waals surface area (Å²) in [5.74, 6) is 2.23. The van der Waals surface area contributed by atoms with Gasteiger partial charge in [0.2, 0.25) is 0 Å². The van der Waals surface area contributed by atoms with E-state index in [4.69, 9.17) is 20.8 Å². The number of amides is 1. The van der Waals surface area contributed by atoms with Crippen LogP contribution < -0.4 is 10.1 Å². The van der Waals surface area contributed by atoms with E-state index in [0.717, 1.165) is 24.3 Å². The van der Waals surface area contributed by atoms with Gasteiger partial charge in [0.05, 0.1) is 18.8 Å². The summed E-state index contributed by atoms with van der Waals surface area (Å²) in [4.78, 5) is 21.7. The molecule has 1 N–H and O–H groups in total. The molecular weight excluding hydrogens is 402 g/mol. The Morgan fingerprint density at radius 2 is 1.90 bits per heavy atom. The maximum Gasteiger partial charge on any atom is 0.270 e. The minimum atomic E-state index is -0.269. The molecule has 0 bridgehead atoms. The molecule has 2 aliphatic rings. The van der Waals surface area contributed by atoms with E-state index in [1.165, 1.54) is 12.8 Å². The predicted octanol–water partition coefficient (Wildman–Crippen LogP) is 4.99. The Bertz CT molecular complexity index is 1060. The number of rotatable bonds is 8. The van der Waals surface area contributed by atoms with Gasteiger partial charge < -0.3 is 14.5 Å². The average Bonchev–Trinajstić information content (AvgIpc) is 3.70. The molecule has 5 rings (SSSR count). The number of nitrogens with zero attached hydrogens (tertiary/aromatic N) is 2. The summed E-state index contributed by atoms with van der Waals surface area (Å²) in [5, 5.41) is 3.51. The maximum atomic E-state index is 12.7. The number of aromatic nitrogens is 2. The summed E-state index contributed by atoms with van der Waals surface area (Å²) in [6, 6.07) is 10.9. The van der Waals surface area contributed by atoms with Gasteiger partial charge in [0.25, 0.3) is 5.91 Å². The highest BCUT2D eigenvalue weighted by Gasteiger charge is 2.28. The Morgan fingerprint density at radius 1 is 1.10 bits per heavy atom. The number of halogens is 1. The first-order valence-corrected chi connectivity index (χ1v) is 10.7. The van der Waals surface area contributed by atoms with Gasteiger partial charge in [-0.05, 0) is 55.9 Å². The molecule has 0 atom stereocenters. The van der Waals surface area contributed by atoms with Crippen molar-refractivity contribution >= 4 is 17.5 Å². The first-order valence-electron chi connectivity index (χ1n) is 10.3. The van der Waals surface area contributed by atoms with Crippen LogP contribution in [-0.4, -0.2) is 22.5 Å². The van der Waals surface area contributed by atoms with E-state index >= 15 is 0 Å². The van der Waals surface area contributed by atoms with Crippen molar-refractivity contribution in [2.24, 2.45) is 5.92 Å². The number of hydrogen-bond donors (Lipinski definition) is 1. The fraction of sp³-hybridized carbons (Fsp3) is 0.348. The zero-order valence-electron chi connectivity index (χ0n) is 16.4. The number of benzene rings is 1. The lowest BCUT2D eigenvalue weighted by Crippen LogP contribution is -2.24. The molecule has 0 radical (unpaired) electrons. The fourth-order valence-corrected chi connectivity index (χ4v) is 3.31. The van der Waals surface area contributed by atoms with Gasteiger partial charge in [0, 0.05) is 16.5 Å². The molecule has 30 heavy (non-hydrogen) atoms. The lowest BCUT2D eigenvalue weighted by atomic mass is 10.1. The van der Waals surface area contributed by atoms with Crippen molar-refractivity contribution in [1.29, 1.82) is 0 Å². The molecule has 7 heteroatoms. The summed E-state index contributed by atoms with van der Waals surface area (Å²) >= 11 is 6.03. The van der Waals surface area contributed by atoms with E-state index in [1.807, 2.05) is 18.2 Å². The molecular formula is C23H22ClN3O3. The van der Waals surface area contributed by atoms with Crippen LogP contribution in [0.2, 0.25) is 5.02 Å². The van der Waals surface area contributed by atoms with Gasteiger partial charge in [-0.25, -0.2) is 9.97 Å². The van der Waals surface area contributed by atoms with Crippen molar-refractivity contribution in [1.82, 2.24) is 15.3 Å². The maximum absolute atomic E-state index is 12.7. The standard InChI is InChI=1S/C23H22ClN3O3/c24-17-7-5-15(6-8-17)21-20(29-12-14-1-2-14)10-9-19(27-21)22(28)25-11-18-13-30-23(26-18)16-3-4-16/h5-10,13-14,16H,1-4,11-12H2,(H,25,28). The minimum Gasteiger partial charge on any atom is -0.491 e. The Balaban J connectivity index is 1.33. The van der Waals surface area contributed by atoms with Gasteiger partial charge in [0.1, 0.15) is 23.4 Å². The monoisotopic (exact) mass is 423 g/mol. The second-order valence-corrected chi connectivity index (χ2v) is 8.37. The van der Waals surface area contributed by atoms with E-state index in [9.17, 15) is 4.79 Å².